The van der Waals surface area contributed by atoms with E-state index in [2.05, 4.69) is 27.8 Å². The molecule has 0 aromatic heterocycles. The summed E-state index contributed by atoms with van der Waals surface area (Å²) >= 11 is 4.72. The van der Waals surface area contributed by atoms with E-state index in [1.165, 1.54) is 62.4 Å². The van der Waals surface area contributed by atoms with Gasteiger partial charge in [-0.25, -0.2) is 34.8 Å². The summed E-state index contributed by atoms with van der Waals surface area (Å²) in [5.41, 5.74) is -2.30. The largest absolute Gasteiger partial charge is 1.00 e. The van der Waals surface area contributed by atoms with E-state index < -0.39 is 61.7 Å². The number of carbonyl (C=O) groups is 1. The molecule has 0 saturated carbocycles. The summed E-state index contributed by atoms with van der Waals surface area (Å²) < 4.78 is 104. The molecular weight excluding hydrogens is 801 g/mol. The molecule has 3 aromatic rings. The third-order valence-corrected chi connectivity index (χ3v) is 9.46. The SMILES string of the molecule is CC1(C)ON=C(S(=O)(=O)c2ccccc2)C1F.CC1(C)ON=C(SCc2c(F)cccc2F)C1F.Fc1cccc(F)c1CS.O=CO[O-].[H-].[K+].[K+]. The van der Waals surface area contributed by atoms with Crippen molar-refractivity contribution in [2.45, 2.75) is 67.6 Å². The van der Waals surface area contributed by atoms with E-state index in [1.807, 2.05) is 0 Å². The second kappa shape index (κ2) is 23.5. The third-order valence-electron chi connectivity index (χ3n) is 6.41. The maximum Gasteiger partial charge on any atom is 1.00 e. The topological polar surface area (TPSA) is 127 Å². The number of benzene rings is 3. The summed E-state index contributed by atoms with van der Waals surface area (Å²) in [6.45, 7) is 5.86. The summed E-state index contributed by atoms with van der Waals surface area (Å²) in [7, 11) is -3.91. The Hall–Kier alpha value is -0.467. The normalized spacial score (nSPS) is 17.6. The average Bonchev–Trinajstić information content (AvgIpc) is 3.49. The standard InChI is InChI=1S/C12H12F3NOS.C11H12FNO3S.C7H6F2S.CH2O3.2K.H/c1-12(2)10(15)11(16-17-12)18-6-7-8(13)4-3-5-9(7)14;1-11(2)9(12)10(13-16-11)17(14,15)8-6-4-3-5-7-8;8-6-2-1-3-7(9)5(6)4-10;2-1-4-3;;;/h3-5,10H,6H2,1-2H3;3-7,9H,1-2H3;1-3,10H,4H2;1,3H;;;/q;;;;2*+1;-1/p-1. The first-order chi connectivity index (χ1) is 22.9. The van der Waals surface area contributed by atoms with Crippen LogP contribution in [0.5, 0.6) is 0 Å². The summed E-state index contributed by atoms with van der Waals surface area (Å²) in [5, 5.41) is 15.0. The molecule has 9 nitrogen and oxygen atoms in total. The summed E-state index contributed by atoms with van der Waals surface area (Å²) in [4.78, 5) is 21.0. The molecule has 3 aromatic carbocycles. The molecule has 0 spiro atoms. The van der Waals surface area contributed by atoms with Gasteiger partial charge in [0.2, 0.25) is 14.9 Å². The Morgan fingerprint density at radius 2 is 1.25 bits per heavy atom. The number of thioether (sulfide) groups is 1. The molecule has 0 amide bonds. The molecule has 0 bridgehead atoms. The zero-order valence-electron chi connectivity index (χ0n) is 29.3. The van der Waals surface area contributed by atoms with E-state index in [0.717, 1.165) is 11.8 Å². The fraction of sp³-hybridized carbons (Fsp3) is 0.323. The number of carbonyl (C=O) groups excluding carboxylic acids is 1. The summed E-state index contributed by atoms with van der Waals surface area (Å²) in [5.74, 6) is -2.27. The van der Waals surface area contributed by atoms with Gasteiger partial charge in [0.1, 0.15) is 23.3 Å². The predicted molar refractivity (Wildman–Crippen MR) is 174 cm³/mol. The average molecular weight is 833 g/mol. The van der Waals surface area contributed by atoms with Crippen LogP contribution in [0.3, 0.4) is 0 Å². The van der Waals surface area contributed by atoms with Gasteiger partial charge >= 0.3 is 103 Å². The van der Waals surface area contributed by atoms with Crippen molar-refractivity contribution in [1.82, 2.24) is 0 Å². The predicted octanol–water partition coefficient (Wildman–Crippen LogP) is 0.529. The molecule has 5 rings (SSSR count). The molecule has 0 N–H and O–H groups in total. The molecule has 0 fully saturated rings. The first-order valence-corrected chi connectivity index (χ1v) is 17.0. The van der Waals surface area contributed by atoms with E-state index in [4.69, 9.17) is 19.7 Å². The van der Waals surface area contributed by atoms with Crippen molar-refractivity contribution in [3.05, 3.63) is 101 Å². The van der Waals surface area contributed by atoms with Crippen molar-refractivity contribution >= 4 is 50.8 Å². The second-order valence-electron chi connectivity index (χ2n) is 10.8. The Balaban J connectivity index is 0. The number of hydrogen-bond donors (Lipinski definition) is 1. The van der Waals surface area contributed by atoms with Crippen molar-refractivity contribution in [2.75, 3.05) is 0 Å². The van der Waals surface area contributed by atoms with E-state index in [9.17, 15) is 34.8 Å². The smallest absolute Gasteiger partial charge is 1.00 e. The number of halogens is 6. The number of rotatable bonds is 5. The van der Waals surface area contributed by atoms with Gasteiger partial charge in [-0.1, -0.05) is 52.4 Å². The third kappa shape index (κ3) is 14.6. The Labute approximate surface area is 387 Å². The summed E-state index contributed by atoms with van der Waals surface area (Å²) in [6.07, 6.45) is -3.13. The molecule has 0 aliphatic carbocycles. The van der Waals surface area contributed by atoms with Gasteiger partial charge in [0, 0.05) is 22.6 Å². The van der Waals surface area contributed by atoms with Crippen LogP contribution in [-0.4, -0.2) is 48.5 Å². The molecular formula is C31H32F6K2N2O7S3. The molecule has 2 unspecified atom stereocenters. The number of thiol groups is 1. The van der Waals surface area contributed by atoms with Crippen molar-refractivity contribution in [3.63, 3.8) is 0 Å². The minimum Gasteiger partial charge on any atom is -1.00 e. The van der Waals surface area contributed by atoms with Gasteiger partial charge in [-0.05, 0) is 64.1 Å². The number of alkyl halides is 2. The first kappa shape index (κ1) is 50.5. The van der Waals surface area contributed by atoms with Gasteiger partial charge in [0.25, 0.3) is 6.47 Å². The van der Waals surface area contributed by atoms with Crippen LogP contribution in [0.25, 0.3) is 0 Å². The van der Waals surface area contributed by atoms with Crippen LogP contribution in [0.15, 0.2) is 81.9 Å². The van der Waals surface area contributed by atoms with Crippen LogP contribution in [-0.2, 0) is 40.7 Å². The molecule has 2 atom stereocenters. The monoisotopic (exact) mass is 832 g/mol. The van der Waals surface area contributed by atoms with Crippen LogP contribution in [0.4, 0.5) is 26.3 Å². The van der Waals surface area contributed by atoms with Gasteiger partial charge in [-0.3, -0.25) is 4.79 Å². The fourth-order valence-corrected chi connectivity index (χ4v) is 6.45. The van der Waals surface area contributed by atoms with Crippen molar-refractivity contribution in [3.8, 4) is 0 Å². The van der Waals surface area contributed by atoms with Gasteiger partial charge in [-0.2, -0.15) is 12.6 Å². The number of sulfone groups is 1. The first-order valence-electron chi connectivity index (χ1n) is 13.9. The number of hydrogen-bond acceptors (Lipinski definition) is 11. The zero-order chi connectivity index (χ0) is 37.0. The Morgan fingerprint density at radius 1 is 0.824 bits per heavy atom. The van der Waals surface area contributed by atoms with Crippen LogP contribution in [0.1, 0.15) is 40.2 Å². The maximum absolute atomic E-state index is 13.9. The van der Waals surface area contributed by atoms with E-state index in [0.29, 0.717) is 0 Å². The van der Waals surface area contributed by atoms with Gasteiger partial charge in [-0.15, -0.1) is 0 Å². The van der Waals surface area contributed by atoms with E-state index >= 15 is 0 Å². The van der Waals surface area contributed by atoms with Crippen LogP contribution >= 0.6 is 24.4 Å². The fourth-order valence-electron chi connectivity index (χ4n) is 3.61. The minimum absolute atomic E-state index is 0. The quantitative estimate of drug-likeness (QED) is 0.0987. The van der Waals surface area contributed by atoms with Crippen molar-refractivity contribution in [2.24, 2.45) is 10.3 Å². The van der Waals surface area contributed by atoms with E-state index in [1.54, 1.807) is 32.0 Å². The van der Waals surface area contributed by atoms with Crippen LogP contribution < -0.4 is 108 Å². The Morgan fingerprint density at radius 3 is 1.61 bits per heavy atom. The molecule has 2 aliphatic heterocycles. The second-order valence-corrected chi connectivity index (χ2v) is 14.0. The zero-order valence-corrected chi connectivity index (χ0v) is 37.1. The molecule has 20 heteroatoms. The van der Waals surface area contributed by atoms with Crippen molar-refractivity contribution < 1.29 is 164 Å². The van der Waals surface area contributed by atoms with Crippen LogP contribution in [0.2, 0.25) is 0 Å². The Bertz CT molecular complexity index is 1710. The van der Waals surface area contributed by atoms with Gasteiger partial charge in [0.15, 0.2) is 28.6 Å². The number of nitrogens with zero attached hydrogens (tertiary/aromatic N) is 2. The van der Waals surface area contributed by atoms with Crippen molar-refractivity contribution in [1.29, 1.82) is 0 Å². The van der Waals surface area contributed by atoms with Gasteiger partial charge < -0.3 is 21.2 Å². The summed E-state index contributed by atoms with van der Waals surface area (Å²) in [6, 6.07) is 15.0. The Kier molecular flexibility index (Phi) is 23.2. The molecule has 0 radical (unpaired) electrons. The van der Waals surface area contributed by atoms with Crippen LogP contribution in [0, 0.1) is 23.3 Å². The molecule has 51 heavy (non-hydrogen) atoms. The minimum atomic E-state index is -3.91. The molecule has 270 valence electrons. The number of oxime groups is 2. The molecule has 2 aliphatic rings. The molecule has 0 saturated heterocycles. The maximum atomic E-state index is 13.9. The van der Waals surface area contributed by atoms with Gasteiger partial charge in [0.05, 0.1) is 4.90 Å². The van der Waals surface area contributed by atoms with E-state index in [-0.39, 0.29) is 143 Å². The molecule has 2 heterocycles.